The maximum atomic E-state index is 12.3. The van der Waals surface area contributed by atoms with E-state index in [4.69, 9.17) is 27.9 Å². The van der Waals surface area contributed by atoms with Gasteiger partial charge in [-0.25, -0.2) is 0 Å². The van der Waals surface area contributed by atoms with Crippen LogP contribution >= 0.6 is 23.2 Å². The first-order valence-corrected chi connectivity index (χ1v) is 7.98. The summed E-state index contributed by atoms with van der Waals surface area (Å²) in [5, 5.41) is 15.8. The summed E-state index contributed by atoms with van der Waals surface area (Å²) in [7, 11) is 1.48. The first kappa shape index (κ1) is 18.7. The van der Waals surface area contributed by atoms with E-state index >= 15 is 0 Å². The highest BCUT2D eigenvalue weighted by atomic mass is 35.5. The molecule has 0 unspecified atom stereocenters. The van der Waals surface area contributed by atoms with Crippen LogP contribution in [0.4, 0.5) is 11.4 Å². The minimum atomic E-state index is -0.588. The van der Waals surface area contributed by atoms with E-state index in [9.17, 15) is 10.1 Å². The van der Waals surface area contributed by atoms with Crippen LogP contribution < -0.4 is 15.4 Å². The Morgan fingerprint density at radius 1 is 1.24 bits per heavy atom. The number of halogens is 2. The SMILES string of the molecule is COc1ccc(Cl)cc1NC(=O)/C(C#N)=C\Nc1cccc(Cl)c1C. The molecule has 5 nitrogen and oxygen atoms in total. The number of nitrogens with one attached hydrogen (secondary N) is 2. The number of carbonyl (C=O) groups is 1. The fourth-order valence-electron chi connectivity index (χ4n) is 2.03. The Balaban J connectivity index is 2.20. The van der Waals surface area contributed by atoms with E-state index in [1.807, 2.05) is 13.0 Å². The minimum Gasteiger partial charge on any atom is -0.495 e. The molecule has 0 atom stereocenters. The summed E-state index contributed by atoms with van der Waals surface area (Å²) < 4.78 is 5.17. The predicted molar refractivity (Wildman–Crippen MR) is 100 cm³/mol. The van der Waals surface area contributed by atoms with Gasteiger partial charge >= 0.3 is 0 Å². The van der Waals surface area contributed by atoms with E-state index in [2.05, 4.69) is 10.6 Å². The Kier molecular flexibility index (Phi) is 6.29. The van der Waals surface area contributed by atoms with Crippen molar-refractivity contribution in [3.05, 3.63) is 63.8 Å². The van der Waals surface area contributed by atoms with Crippen molar-refractivity contribution in [2.24, 2.45) is 0 Å². The summed E-state index contributed by atoms with van der Waals surface area (Å²) in [4.78, 5) is 12.3. The minimum absolute atomic E-state index is 0.110. The fraction of sp³-hybridized carbons (Fsp3) is 0.111. The molecule has 0 saturated carbocycles. The number of ether oxygens (including phenoxy) is 1. The first-order chi connectivity index (χ1) is 12.0. The van der Waals surface area contributed by atoms with Gasteiger partial charge in [0.25, 0.3) is 5.91 Å². The number of hydrogen-bond acceptors (Lipinski definition) is 4. The molecule has 0 aliphatic carbocycles. The normalized spacial score (nSPS) is 10.8. The van der Waals surface area contributed by atoms with E-state index in [0.29, 0.717) is 27.2 Å². The lowest BCUT2D eigenvalue weighted by Gasteiger charge is -2.11. The van der Waals surface area contributed by atoms with E-state index < -0.39 is 5.91 Å². The third kappa shape index (κ3) is 4.66. The Morgan fingerprint density at radius 2 is 2.00 bits per heavy atom. The number of carbonyl (C=O) groups excluding carboxylic acids is 1. The lowest BCUT2D eigenvalue weighted by molar-refractivity contribution is -0.112. The second kappa shape index (κ2) is 8.43. The third-order valence-electron chi connectivity index (χ3n) is 3.41. The number of anilines is 2. The number of amides is 1. The average Bonchev–Trinajstić information content (AvgIpc) is 2.59. The van der Waals surface area contributed by atoms with Crippen molar-refractivity contribution in [3.8, 4) is 11.8 Å². The fourth-order valence-corrected chi connectivity index (χ4v) is 2.38. The number of hydrogen-bond donors (Lipinski definition) is 2. The number of benzene rings is 2. The van der Waals surface area contributed by atoms with Crippen LogP contribution in [-0.4, -0.2) is 13.0 Å². The van der Waals surface area contributed by atoms with Crippen LogP contribution in [0.15, 0.2) is 48.2 Å². The highest BCUT2D eigenvalue weighted by molar-refractivity contribution is 6.31. The van der Waals surface area contributed by atoms with E-state index in [1.54, 1.807) is 36.4 Å². The number of rotatable bonds is 5. The molecule has 2 rings (SSSR count). The molecule has 0 spiro atoms. The molecule has 2 aromatic carbocycles. The van der Waals surface area contributed by atoms with Crippen LogP contribution in [0.1, 0.15) is 5.56 Å². The smallest absolute Gasteiger partial charge is 0.267 e. The second-order valence-corrected chi connectivity index (χ2v) is 5.87. The van der Waals surface area contributed by atoms with Crippen molar-refractivity contribution in [3.63, 3.8) is 0 Å². The van der Waals surface area contributed by atoms with Crippen molar-refractivity contribution in [2.45, 2.75) is 6.92 Å². The maximum absolute atomic E-state index is 12.3. The summed E-state index contributed by atoms with van der Waals surface area (Å²) in [5.41, 5.74) is 1.78. The number of methoxy groups -OCH3 is 1. The Labute approximate surface area is 155 Å². The molecule has 128 valence electrons. The van der Waals surface area contributed by atoms with Gasteiger partial charge in [0, 0.05) is 21.9 Å². The van der Waals surface area contributed by atoms with Gasteiger partial charge in [-0.05, 0) is 42.8 Å². The molecular weight excluding hydrogens is 361 g/mol. The zero-order valence-corrected chi connectivity index (χ0v) is 15.1. The van der Waals surface area contributed by atoms with Crippen LogP contribution in [0.2, 0.25) is 10.0 Å². The quantitative estimate of drug-likeness (QED) is 0.582. The average molecular weight is 376 g/mol. The van der Waals surface area contributed by atoms with E-state index in [0.717, 1.165) is 5.56 Å². The van der Waals surface area contributed by atoms with Crippen LogP contribution in [0.3, 0.4) is 0 Å². The topological polar surface area (TPSA) is 74.1 Å². The highest BCUT2D eigenvalue weighted by Crippen LogP contribution is 2.28. The van der Waals surface area contributed by atoms with Gasteiger partial charge in [0.1, 0.15) is 17.4 Å². The largest absolute Gasteiger partial charge is 0.495 e. The summed E-state index contributed by atoms with van der Waals surface area (Å²) in [6, 6.07) is 12.0. The molecular formula is C18H15Cl2N3O2. The van der Waals surface area contributed by atoms with Gasteiger partial charge in [0.15, 0.2) is 0 Å². The monoisotopic (exact) mass is 375 g/mol. The summed E-state index contributed by atoms with van der Waals surface area (Å²) >= 11 is 12.0. The van der Waals surface area contributed by atoms with Crippen molar-refractivity contribution >= 4 is 40.5 Å². The van der Waals surface area contributed by atoms with Gasteiger partial charge in [-0.2, -0.15) is 5.26 Å². The van der Waals surface area contributed by atoms with Gasteiger partial charge in [-0.3, -0.25) is 4.79 Å². The Morgan fingerprint density at radius 3 is 2.68 bits per heavy atom. The molecule has 2 aromatic rings. The van der Waals surface area contributed by atoms with Gasteiger partial charge in [0.2, 0.25) is 0 Å². The van der Waals surface area contributed by atoms with Crippen molar-refractivity contribution in [1.29, 1.82) is 5.26 Å². The van der Waals surface area contributed by atoms with E-state index in [-0.39, 0.29) is 5.57 Å². The van der Waals surface area contributed by atoms with Crippen LogP contribution in [0, 0.1) is 18.3 Å². The molecule has 0 bridgehead atoms. The molecule has 0 heterocycles. The summed E-state index contributed by atoms with van der Waals surface area (Å²) in [6.45, 7) is 1.83. The molecule has 0 fully saturated rings. The third-order valence-corrected chi connectivity index (χ3v) is 4.06. The lowest BCUT2D eigenvalue weighted by atomic mass is 10.2. The van der Waals surface area contributed by atoms with Crippen LogP contribution in [-0.2, 0) is 4.79 Å². The molecule has 0 saturated heterocycles. The highest BCUT2D eigenvalue weighted by Gasteiger charge is 2.13. The molecule has 7 heteroatoms. The Bertz CT molecular complexity index is 873. The predicted octanol–water partition coefficient (Wildman–Crippen LogP) is 4.77. The molecule has 2 N–H and O–H groups in total. The van der Waals surface area contributed by atoms with Crippen molar-refractivity contribution < 1.29 is 9.53 Å². The Hall–Kier alpha value is -2.68. The molecule has 25 heavy (non-hydrogen) atoms. The van der Waals surface area contributed by atoms with Gasteiger partial charge in [0.05, 0.1) is 12.8 Å². The summed E-state index contributed by atoms with van der Waals surface area (Å²) in [6.07, 6.45) is 1.32. The molecule has 0 aromatic heterocycles. The van der Waals surface area contributed by atoms with Crippen molar-refractivity contribution in [2.75, 3.05) is 17.7 Å². The second-order valence-electron chi connectivity index (χ2n) is 5.03. The van der Waals surface area contributed by atoms with E-state index in [1.165, 1.54) is 13.3 Å². The molecule has 0 radical (unpaired) electrons. The molecule has 1 amide bonds. The van der Waals surface area contributed by atoms with Gasteiger partial charge in [-0.15, -0.1) is 0 Å². The number of nitriles is 1. The maximum Gasteiger partial charge on any atom is 0.267 e. The standard InChI is InChI=1S/C18H15Cl2N3O2/c1-11-14(20)4-3-5-15(11)22-10-12(9-21)18(24)23-16-8-13(19)6-7-17(16)25-2/h3-8,10,22H,1-2H3,(H,23,24)/b12-10-. The first-order valence-electron chi connectivity index (χ1n) is 7.23. The van der Waals surface area contributed by atoms with Crippen LogP contribution in [0.25, 0.3) is 0 Å². The zero-order valence-electron chi connectivity index (χ0n) is 13.6. The molecule has 0 aliphatic heterocycles. The number of nitrogens with zero attached hydrogens (tertiary/aromatic N) is 1. The lowest BCUT2D eigenvalue weighted by Crippen LogP contribution is -2.15. The van der Waals surface area contributed by atoms with Gasteiger partial charge < -0.3 is 15.4 Å². The van der Waals surface area contributed by atoms with Crippen molar-refractivity contribution in [1.82, 2.24) is 0 Å². The van der Waals surface area contributed by atoms with Gasteiger partial charge in [-0.1, -0.05) is 29.3 Å². The van der Waals surface area contributed by atoms with Crippen LogP contribution in [0.5, 0.6) is 5.75 Å². The zero-order chi connectivity index (χ0) is 18.4. The summed E-state index contributed by atoms with van der Waals surface area (Å²) in [5.74, 6) is -0.149. The molecule has 0 aliphatic rings.